The van der Waals surface area contributed by atoms with Crippen LogP contribution < -0.4 is 14.2 Å². The number of rotatable bonds is 7. The first-order valence-electron chi connectivity index (χ1n) is 8.50. The second-order valence-corrected chi connectivity index (χ2v) is 6.13. The van der Waals surface area contributed by atoms with Crippen molar-refractivity contribution in [2.75, 3.05) is 20.3 Å². The zero-order chi connectivity index (χ0) is 17.8. The van der Waals surface area contributed by atoms with Crippen molar-refractivity contribution < 1.29 is 14.2 Å². The fraction of sp³-hybridized carbons (Fsp3) is 0.273. The molecule has 0 unspecified atom stereocenters. The second-order valence-electron chi connectivity index (χ2n) is 6.13. The Bertz CT molecular complexity index is 788. The topological polar surface area (TPSA) is 27.7 Å². The monoisotopic (exact) mass is 336 g/mol. The van der Waals surface area contributed by atoms with E-state index in [4.69, 9.17) is 14.2 Å². The lowest BCUT2D eigenvalue weighted by Crippen LogP contribution is -2.08. The molecular formula is C22H24O3. The Morgan fingerprint density at radius 3 is 2.36 bits per heavy atom. The number of aryl methyl sites for hydroxylation is 3. The molecule has 0 spiro atoms. The second kappa shape index (κ2) is 7.47. The van der Waals surface area contributed by atoms with E-state index in [1.807, 2.05) is 6.07 Å². The molecule has 0 radical (unpaired) electrons. The third-order valence-electron chi connectivity index (χ3n) is 4.44. The Balaban J connectivity index is 2.06. The average Bonchev–Trinajstić information content (AvgIpc) is 2.63. The first-order valence-corrected chi connectivity index (χ1v) is 8.50. The minimum Gasteiger partial charge on any atom is -0.496 e. The largest absolute Gasteiger partial charge is 0.496 e. The summed E-state index contributed by atoms with van der Waals surface area (Å²) in [5.74, 6) is 2.59. The molecule has 0 heterocycles. The van der Waals surface area contributed by atoms with E-state index in [0.717, 1.165) is 41.2 Å². The van der Waals surface area contributed by atoms with Crippen LogP contribution in [-0.2, 0) is 12.8 Å². The van der Waals surface area contributed by atoms with Gasteiger partial charge in [-0.3, -0.25) is 0 Å². The molecule has 2 aromatic carbocycles. The van der Waals surface area contributed by atoms with Crippen molar-refractivity contribution in [3.05, 3.63) is 66.3 Å². The molecule has 3 rings (SSSR count). The normalized spacial score (nSPS) is 11.9. The summed E-state index contributed by atoms with van der Waals surface area (Å²) in [6.07, 6.45) is 5.44. The smallest absolute Gasteiger partial charge is 0.130 e. The van der Waals surface area contributed by atoms with Gasteiger partial charge in [-0.25, -0.2) is 0 Å². The van der Waals surface area contributed by atoms with E-state index < -0.39 is 0 Å². The molecule has 0 fully saturated rings. The van der Waals surface area contributed by atoms with Gasteiger partial charge in [0.1, 0.15) is 30.5 Å². The van der Waals surface area contributed by atoms with E-state index in [1.54, 1.807) is 19.3 Å². The van der Waals surface area contributed by atoms with Crippen LogP contribution in [0.4, 0.5) is 0 Å². The molecule has 0 saturated heterocycles. The van der Waals surface area contributed by atoms with Crippen LogP contribution in [0.1, 0.15) is 16.7 Å². The molecule has 3 nitrogen and oxygen atoms in total. The fourth-order valence-electron chi connectivity index (χ4n) is 3.29. The van der Waals surface area contributed by atoms with E-state index in [1.165, 1.54) is 16.7 Å². The molecular weight excluding hydrogens is 312 g/mol. The summed E-state index contributed by atoms with van der Waals surface area (Å²) in [5, 5.41) is 0. The van der Waals surface area contributed by atoms with Gasteiger partial charge in [-0.15, -0.1) is 0 Å². The molecule has 0 atom stereocenters. The van der Waals surface area contributed by atoms with Gasteiger partial charge in [0.15, 0.2) is 0 Å². The summed E-state index contributed by atoms with van der Waals surface area (Å²) in [7, 11) is 1.70. The highest BCUT2D eigenvalue weighted by atomic mass is 16.5. The van der Waals surface area contributed by atoms with Crippen molar-refractivity contribution in [1.29, 1.82) is 0 Å². The molecule has 0 amide bonds. The van der Waals surface area contributed by atoms with E-state index >= 15 is 0 Å². The maximum absolute atomic E-state index is 5.78. The molecule has 2 aromatic rings. The SMILES string of the molecule is C=CCOc1cc2c(c(OC)c1)-c1cc(C)c(OCC=C)cc1CC2. The Morgan fingerprint density at radius 1 is 0.920 bits per heavy atom. The number of hydrogen-bond acceptors (Lipinski definition) is 3. The number of ether oxygens (including phenoxy) is 3. The van der Waals surface area contributed by atoms with Gasteiger partial charge in [0.25, 0.3) is 0 Å². The number of fused-ring (bicyclic) bond motifs is 3. The van der Waals surface area contributed by atoms with Crippen molar-refractivity contribution in [2.24, 2.45) is 0 Å². The van der Waals surface area contributed by atoms with Crippen LogP contribution in [0, 0.1) is 6.92 Å². The van der Waals surface area contributed by atoms with Gasteiger partial charge in [0, 0.05) is 11.6 Å². The van der Waals surface area contributed by atoms with Gasteiger partial charge in [0.2, 0.25) is 0 Å². The fourth-order valence-corrected chi connectivity index (χ4v) is 3.29. The van der Waals surface area contributed by atoms with Crippen molar-refractivity contribution in [2.45, 2.75) is 19.8 Å². The predicted molar refractivity (Wildman–Crippen MR) is 102 cm³/mol. The standard InChI is InChI=1S/C22H24O3/c1-5-9-24-18-12-17-8-7-16-13-20(25-10-6-2)15(3)11-19(16)22(17)21(14-18)23-4/h5-6,11-14H,1-2,7-10H2,3-4H3. The number of methoxy groups -OCH3 is 1. The third-order valence-corrected chi connectivity index (χ3v) is 4.44. The molecule has 1 aliphatic carbocycles. The van der Waals surface area contributed by atoms with E-state index in [-0.39, 0.29) is 0 Å². The Morgan fingerprint density at radius 2 is 1.64 bits per heavy atom. The van der Waals surface area contributed by atoms with Crippen LogP contribution in [0.15, 0.2) is 49.6 Å². The van der Waals surface area contributed by atoms with Gasteiger partial charge in [0.05, 0.1) is 7.11 Å². The van der Waals surface area contributed by atoms with E-state index in [2.05, 4.69) is 38.3 Å². The number of hydrogen-bond donors (Lipinski definition) is 0. The Labute approximate surface area is 149 Å². The molecule has 0 bridgehead atoms. The molecule has 130 valence electrons. The van der Waals surface area contributed by atoms with Gasteiger partial charge in [-0.1, -0.05) is 25.3 Å². The van der Waals surface area contributed by atoms with E-state index in [9.17, 15) is 0 Å². The van der Waals surface area contributed by atoms with Crippen molar-refractivity contribution in [3.63, 3.8) is 0 Å². The quantitative estimate of drug-likeness (QED) is 0.673. The minimum absolute atomic E-state index is 0.488. The summed E-state index contributed by atoms with van der Waals surface area (Å²) in [6.45, 7) is 10.5. The lowest BCUT2D eigenvalue weighted by Gasteiger charge is -2.24. The maximum Gasteiger partial charge on any atom is 0.130 e. The van der Waals surface area contributed by atoms with Crippen LogP contribution in [0.25, 0.3) is 11.1 Å². The zero-order valence-corrected chi connectivity index (χ0v) is 14.9. The van der Waals surface area contributed by atoms with Gasteiger partial charge >= 0.3 is 0 Å². The number of benzene rings is 2. The van der Waals surface area contributed by atoms with Crippen molar-refractivity contribution >= 4 is 0 Å². The summed E-state index contributed by atoms with van der Waals surface area (Å²) in [5.41, 5.74) is 6.03. The van der Waals surface area contributed by atoms with Gasteiger partial charge in [-0.05, 0) is 60.2 Å². The summed E-state index contributed by atoms with van der Waals surface area (Å²) in [4.78, 5) is 0. The van der Waals surface area contributed by atoms with Crippen LogP contribution in [-0.4, -0.2) is 20.3 Å². The molecule has 0 aliphatic heterocycles. The molecule has 0 N–H and O–H groups in total. The van der Waals surface area contributed by atoms with Crippen LogP contribution in [0.5, 0.6) is 17.2 Å². The lowest BCUT2D eigenvalue weighted by molar-refractivity contribution is 0.356. The maximum atomic E-state index is 5.78. The Hall–Kier alpha value is -2.68. The van der Waals surface area contributed by atoms with E-state index in [0.29, 0.717) is 13.2 Å². The molecule has 1 aliphatic rings. The summed E-state index contributed by atoms with van der Waals surface area (Å²) >= 11 is 0. The first kappa shape index (κ1) is 17.2. The first-order chi connectivity index (χ1) is 12.2. The third kappa shape index (κ3) is 3.41. The lowest BCUT2D eigenvalue weighted by atomic mass is 9.84. The van der Waals surface area contributed by atoms with Crippen molar-refractivity contribution in [3.8, 4) is 28.4 Å². The Kier molecular flexibility index (Phi) is 5.13. The summed E-state index contributed by atoms with van der Waals surface area (Å²) < 4.78 is 17.2. The molecule has 0 aromatic heterocycles. The highest BCUT2D eigenvalue weighted by molar-refractivity contribution is 5.81. The summed E-state index contributed by atoms with van der Waals surface area (Å²) in [6, 6.07) is 8.41. The highest BCUT2D eigenvalue weighted by Gasteiger charge is 2.23. The zero-order valence-electron chi connectivity index (χ0n) is 14.9. The highest BCUT2D eigenvalue weighted by Crippen LogP contribution is 2.44. The average molecular weight is 336 g/mol. The van der Waals surface area contributed by atoms with Crippen molar-refractivity contribution in [1.82, 2.24) is 0 Å². The molecule has 3 heteroatoms. The van der Waals surface area contributed by atoms with Crippen LogP contribution in [0.3, 0.4) is 0 Å². The molecule has 25 heavy (non-hydrogen) atoms. The molecule has 0 saturated carbocycles. The van der Waals surface area contributed by atoms with Gasteiger partial charge < -0.3 is 14.2 Å². The predicted octanol–water partition coefficient (Wildman–Crippen LogP) is 4.90. The van der Waals surface area contributed by atoms with Gasteiger partial charge in [-0.2, -0.15) is 0 Å². The minimum atomic E-state index is 0.488. The van der Waals surface area contributed by atoms with Crippen LogP contribution >= 0.6 is 0 Å². The van der Waals surface area contributed by atoms with Crippen LogP contribution in [0.2, 0.25) is 0 Å².